The van der Waals surface area contributed by atoms with Crippen LogP contribution in [0.15, 0.2) is 0 Å². The maximum atomic E-state index is 6.25. The Kier molecular flexibility index (Phi) is 21.8. The van der Waals surface area contributed by atoms with Crippen molar-refractivity contribution in [2.24, 2.45) is 0 Å². The maximum Gasteiger partial charge on any atom is 0.679 e. The molecule has 28 heavy (non-hydrogen) atoms. The van der Waals surface area contributed by atoms with E-state index in [1.54, 1.807) is 0 Å². The molecule has 0 amide bonds. The Morgan fingerprint density at radius 1 is 0.357 bits per heavy atom. The number of unbranched alkanes of at least 4 members (excludes halogenated alkanes) is 11. The minimum atomic E-state index is -3.02. The van der Waals surface area contributed by atoms with Crippen LogP contribution in [0.4, 0.5) is 0 Å². The molecule has 0 heterocycles. The van der Waals surface area contributed by atoms with Crippen LogP contribution in [0, 0.1) is 0 Å². The molecule has 0 rings (SSSR count). The lowest BCUT2D eigenvalue weighted by Gasteiger charge is -2.28. The third kappa shape index (κ3) is 17.0. The van der Waals surface area contributed by atoms with Crippen LogP contribution in [-0.4, -0.2) is 35.5 Å². The molecule has 0 aromatic carbocycles. The Morgan fingerprint density at radius 2 is 0.607 bits per heavy atom. The van der Waals surface area contributed by atoms with Gasteiger partial charge in [0.15, 0.2) is 0 Å². The van der Waals surface area contributed by atoms with Crippen molar-refractivity contribution in [1.29, 1.82) is 0 Å². The number of hydrogen-bond acceptors (Lipinski definition) is 4. The van der Waals surface area contributed by atoms with Crippen LogP contribution in [0.5, 0.6) is 0 Å². The molecule has 0 aliphatic heterocycles. The van der Waals surface area contributed by atoms with Gasteiger partial charge in [0.2, 0.25) is 0 Å². The highest BCUT2D eigenvalue weighted by Crippen LogP contribution is 2.17. The molecule has 0 aromatic heterocycles. The molecule has 0 spiro atoms. The molecule has 170 valence electrons. The van der Waals surface area contributed by atoms with Gasteiger partial charge in [-0.15, -0.1) is 0 Å². The van der Waals surface area contributed by atoms with E-state index < -0.39 is 9.05 Å². The smallest absolute Gasteiger partial charge is 0.351 e. The van der Waals surface area contributed by atoms with Crippen LogP contribution in [0.25, 0.3) is 0 Å². The third-order valence-electron chi connectivity index (χ3n) is 4.86. The molecule has 4 nitrogen and oxygen atoms in total. The summed E-state index contributed by atoms with van der Waals surface area (Å²) in [4.78, 5) is 0. The summed E-state index contributed by atoms with van der Waals surface area (Å²) in [6.45, 7) is 11.6. The van der Waals surface area contributed by atoms with E-state index in [4.69, 9.17) is 17.7 Å². The normalized spacial score (nSPS) is 12.0. The van der Waals surface area contributed by atoms with Crippen LogP contribution in [0.3, 0.4) is 0 Å². The van der Waals surface area contributed by atoms with Crippen molar-refractivity contribution in [3.05, 3.63) is 0 Å². The molecule has 0 atom stereocenters. The van der Waals surface area contributed by atoms with Gasteiger partial charge in [-0.05, 0) is 25.7 Å². The highest BCUT2D eigenvalue weighted by atomic mass is 28.4. The predicted octanol–water partition coefficient (Wildman–Crippen LogP) is 7.42. The largest absolute Gasteiger partial charge is 0.679 e. The first kappa shape index (κ1) is 28.1. The van der Waals surface area contributed by atoms with Gasteiger partial charge >= 0.3 is 9.05 Å². The average Bonchev–Trinajstić information content (AvgIpc) is 2.71. The van der Waals surface area contributed by atoms with E-state index in [1.165, 1.54) is 70.6 Å². The molecule has 0 N–H and O–H groups in total. The van der Waals surface area contributed by atoms with E-state index >= 15 is 0 Å². The van der Waals surface area contributed by atoms with Gasteiger partial charge in [-0.2, -0.15) is 0 Å². The van der Waals surface area contributed by atoms with Gasteiger partial charge in [-0.25, -0.2) is 0 Å². The molecular formula is C23H50O4Si. The summed E-state index contributed by atoms with van der Waals surface area (Å²) in [5.41, 5.74) is 0. The highest BCUT2D eigenvalue weighted by molar-refractivity contribution is 6.53. The van der Waals surface area contributed by atoms with Crippen molar-refractivity contribution < 1.29 is 17.7 Å². The second-order valence-electron chi connectivity index (χ2n) is 7.78. The van der Waals surface area contributed by atoms with Gasteiger partial charge in [0, 0.05) is 26.4 Å². The first-order valence-electron chi connectivity index (χ1n) is 12.3. The zero-order valence-corrected chi connectivity index (χ0v) is 20.6. The molecule has 0 aliphatic rings. The lowest BCUT2D eigenvalue weighted by molar-refractivity contribution is -0.0374. The Bertz CT molecular complexity index is 271. The van der Waals surface area contributed by atoms with Crippen molar-refractivity contribution >= 4 is 9.05 Å². The van der Waals surface area contributed by atoms with E-state index in [0.29, 0.717) is 26.4 Å². The molecule has 0 aromatic rings. The summed E-state index contributed by atoms with van der Waals surface area (Å²) < 4.78 is 24.9. The molecule has 0 saturated heterocycles. The summed E-state index contributed by atoms with van der Waals surface area (Å²) in [5.74, 6) is 0. The maximum absolute atomic E-state index is 6.25. The fourth-order valence-electron chi connectivity index (χ4n) is 2.98. The van der Waals surface area contributed by atoms with Crippen molar-refractivity contribution in [3.8, 4) is 0 Å². The summed E-state index contributed by atoms with van der Waals surface area (Å²) in [6, 6.07) is 0. The van der Waals surface area contributed by atoms with Crippen LogP contribution in [0.2, 0.25) is 0 Å². The quantitative estimate of drug-likeness (QED) is 0.128. The Hall–Kier alpha value is 0.0569. The number of rotatable bonds is 23. The highest BCUT2D eigenvalue weighted by Gasteiger charge is 2.45. The van der Waals surface area contributed by atoms with Crippen molar-refractivity contribution in [3.63, 3.8) is 0 Å². The minimum Gasteiger partial charge on any atom is -0.351 e. The van der Waals surface area contributed by atoms with Gasteiger partial charge in [-0.1, -0.05) is 98.3 Å². The van der Waals surface area contributed by atoms with E-state index in [0.717, 1.165) is 25.7 Å². The molecule has 0 aliphatic carbocycles. The molecule has 0 bridgehead atoms. The van der Waals surface area contributed by atoms with Gasteiger partial charge in [0.1, 0.15) is 0 Å². The van der Waals surface area contributed by atoms with E-state index in [-0.39, 0.29) is 0 Å². The Balaban J connectivity index is 4.58. The van der Waals surface area contributed by atoms with E-state index in [9.17, 15) is 0 Å². The van der Waals surface area contributed by atoms with Crippen molar-refractivity contribution in [2.75, 3.05) is 26.4 Å². The summed E-state index contributed by atoms with van der Waals surface area (Å²) in [5, 5.41) is 0. The van der Waals surface area contributed by atoms with Gasteiger partial charge in [0.25, 0.3) is 0 Å². The van der Waals surface area contributed by atoms with Crippen LogP contribution in [-0.2, 0) is 17.7 Å². The predicted molar refractivity (Wildman–Crippen MR) is 122 cm³/mol. The van der Waals surface area contributed by atoms with E-state index in [2.05, 4.69) is 27.7 Å². The zero-order valence-electron chi connectivity index (χ0n) is 19.6. The van der Waals surface area contributed by atoms with Crippen LogP contribution in [0.1, 0.15) is 124 Å². The Morgan fingerprint density at radius 3 is 0.964 bits per heavy atom. The van der Waals surface area contributed by atoms with Crippen LogP contribution < -0.4 is 0 Å². The molecule has 5 heteroatoms. The van der Waals surface area contributed by atoms with Gasteiger partial charge < -0.3 is 17.7 Å². The monoisotopic (exact) mass is 418 g/mol. The average molecular weight is 419 g/mol. The summed E-state index contributed by atoms with van der Waals surface area (Å²) in [7, 11) is -3.02. The summed E-state index contributed by atoms with van der Waals surface area (Å²) in [6.07, 6.45) is 17.7. The molecular weight excluding hydrogens is 368 g/mol. The van der Waals surface area contributed by atoms with E-state index in [1.807, 2.05) is 0 Å². The third-order valence-corrected chi connectivity index (χ3v) is 7.09. The zero-order chi connectivity index (χ0) is 20.8. The van der Waals surface area contributed by atoms with Gasteiger partial charge in [-0.3, -0.25) is 0 Å². The first-order chi connectivity index (χ1) is 13.7. The molecule has 0 unspecified atom stereocenters. The molecule has 0 saturated carbocycles. The second-order valence-corrected chi connectivity index (χ2v) is 9.94. The summed E-state index contributed by atoms with van der Waals surface area (Å²) >= 11 is 0. The second kappa shape index (κ2) is 21.8. The van der Waals surface area contributed by atoms with Crippen LogP contribution >= 0.6 is 0 Å². The lowest BCUT2D eigenvalue weighted by atomic mass is 10.1. The fourth-order valence-corrected chi connectivity index (χ4v) is 5.05. The molecule has 0 fully saturated rings. The first-order valence-corrected chi connectivity index (χ1v) is 13.9. The Labute approximate surface area is 177 Å². The van der Waals surface area contributed by atoms with Gasteiger partial charge in [0.05, 0.1) is 0 Å². The number of hydrogen-bond donors (Lipinski definition) is 0. The fraction of sp³-hybridized carbons (Fsp3) is 1.00. The topological polar surface area (TPSA) is 36.9 Å². The van der Waals surface area contributed by atoms with Crippen molar-refractivity contribution in [2.45, 2.75) is 124 Å². The SMILES string of the molecule is CCCCCCCCO[Si](OCCCCC)(OCCCCC)OCCCCC. The van der Waals surface area contributed by atoms with Crippen molar-refractivity contribution in [1.82, 2.24) is 0 Å². The minimum absolute atomic E-state index is 0.679. The molecule has 0 radical (unpaired) electrons. The standard InChI is InChI=1S/C23H50O4Si/c1-5-9-13-14-15-19-23-27-28(24-20-16-10-6-2,25-21-17-11-7-3)26-22-18-12-8-4/h5-23H2,1-4H3. The lowest BCUT2D eigenvalue weighted by Crippen LogP contribution is -2.50.